The third-order valence-electron chi connectivity index (χ3n) is 2.34. The number of halogens is 4. The van der Waals surface area contributed by atoms with Gasteiger partial charge in [0.1, 0.15) is 11.0 Å². The van der Waals surface area contributed by atoms with E-state index in [1.807, 2.05) is 6.92 Å². The molecule has 0 aliphatic rings. The molecule has 0 saturated carbocycles. The van der Waals surface area contributed by atoms with Crippen molar-refractivity contribution in [1.82, 2.24) is 9.97 Å². The van der Waals surface area contributed by atoms with Crippen LogP contribution < -0.4 is 0 Å². The van der Waals surface area contributed by atoms with E-state index in [9.17, 15) is 13.2 Å². The van der Waals surface area contributed by atoms with Gasteiger partial charge in [0.15, 0.2) is 0 Å². The van der Waals surface area contributed by atoms with Gasteiger partial charge in [0.25, 0.3) is 0 Å². The second-order valence-electron chi connectivity index (χ2n) is 3.51. The summed E-state index contributed by atoms with van der Waals surface area (Å²) >= 11 is 5.88. The highest BCUT2D eigenvalue weighted by molar-refractivity contribution is 6.34. The van der Waals surface area contributed by atoms with Crippen LogP contribution in [0.5, 0.6) is 0 Å². The molecular weight excluding hydrogens is 253 g/mol. The van der Waals surface area contributed by atoms with Crippen LogP contribution in [0.3, 0.4) is 0 Å². The molecule has 1 aromatic heterocycles. The summed E-state index contributed by atoms with van der Waals surface area (Å²) in [6.07, 6.45) is -3.86. The number of hydrogen-bond acceptors (Lipinski definition) is 2. The number of aryl methyl sites for hydroxylation is 1. The van der Waals surface area contributed by atoms with Gasteiger partial charge < -0.3 is 0 Å². The minimum absolute atomic E-state index is 0.181. The molecule has 0 unspecified atom stereocenters. The second kappa shape index (κ2) is 4.14. The van der Waals surface area contributed by atoms with Gasteiger partial charge in [-0.05, 0) is 18.2 Å². The Kier molecular flexibility index (Phi) is 2.95. The number of alkyl halides is 3. The maximum atomic E-state index is 12.5. The summed E-state index contributed by atoms with van der Waals surface area (Å²) < 4.78 is 37.6. The molecule has 0 atom stereocenters. The van der Waals surface area contributed by atoms with Crippen LogP contribution in [-0.4, -0.2) is 9.97 Å². The Morgan fingerprint density at radius 1 is 1.24 bits per heavy atom. The number of rotatable bonds is 1. The van der Waals surface area contributed by atoms with Gasteiger partial charge in [0, 0.05) is 11.8 Å². The predicted octanol–water partition coefficient (Wildman–Crippen LogP) is 3.86. The van der Waals surface area contributed by atoms with Crippen LogP contribution in [-0.2, 0) is 12.6 Å². The first kappa shape index (κ1) is 12.1. The summed E-state index contributed by atoms with van der Waals surface area (Å²) in [6, 6.07) is 3.26. The Morgan fingerprint density at radius 3 is 2.53 bits per heavy atom. The molecule has 0 aliphatic carbocycles. The maximum absolute atomic E-state index is 12.5. The molecule has 1 aromatic carbocycles. The summed E-state index contributed by atoms with van der Waals surface area (Å²) in [5, 5.41) is 0.609. The minimum atomic E-state index is -4.38. The Morgan fingerprint density at radius 2 is 1.94 bits per heavy atom. The number of benzene rings is 1. The summed E-state index contributed by atoms with van der Waals surface area (Å²) in [6.45, 7) is 1.81. The molecule has 2 rings (SSSR count). The Balaban J connectivity index is 2.68. The molecule has 0 saturated heterocycles. The summed E-state index contributed by atoms with van der Waals surface area (Å²) in [4.78, 5) is 8.02. The molecular formula is C11H8ClF3N2. The van der Waals surface area contributed by atoms with Gasteiger partial charge in [0.2, 0.25) is 0 Å². The summed E-state index contributed by atoms with van der Waals surface area (Å²) in [5.41, 5.74) is -0.515. The van der Waals surface area contributed by atoms with Gasteiger partial charge in [0.05, 0.1) is 11.1 Å². The smallest absolute Gasteiger partial charge is 0.233 e. The van der Waals surface area contributed by atoms with Gasteiger partial charge >= 0.3 is 6.18 Å². The summed E-state index contributed by atoms with van der Waals surface area (Å²) in [7, 11) is 0. The van der Waals surface area contributed by atoms with Crippen molar-refractivity contribution in [3.8, 4) is 0 Å². The molecule has 1 heterocycles. The number of aromatic nitrogens is 2. The third kappa shape index (κ3) is 2.34. The zero-order valence-corrected chi connectivity index (χ0v) is 9.60. The van der Waals surface area contributed by atoms with Gasteiger partial charge in [-0.2, -0.15) is 13.2 Å². The van der Waals surface area contributed by atoms with Crippen LogP contribution in [0.15, 0.2) is 18.2 Å². The van der Waals surface area contributed by atoms with Crippen LogP contribution >= 0.6 is 11.6 Å². The highest BCUT2D eigenvalue weighted by Gasteiger charge is 2.30. The Hall–Kier alpha value is -1.36. The quantitative estimate of drug-likeness (QED) is 0.728. The molecule has 2 aromatic rings. The van der Waals surface area contributed by atoms with E-state index in [1.54, 1.807) is 0 Å². The molecule has 0 bridgehead atoms. The van der Waals surface area contributed by atoms with E-state index in [2.05, 4.69) is 9.97 Å². The molecule has 0 spiro atoms. The fourth-order valence-corrected chi connectivity index (χ4v) is 1.73. The average molecular weight is 261 g/mol. The fraction of sp³-hybridized carbons (Fsp3) is 0.273. The number of nitrogens with zero attached hydrogens (tertiary/aromatic N) is 2. The first-order valence-corrected chi connectivity index (χ1v) is 5.33. The predicted molar refractivity (Wildman–Crippen MR) is 58.9 cm³/mol. The van der Waals surface area contributed by atoms with E-state index < -0.39 is 11.7 Å². The lowest BCUT2D eigenvalue weighted by Crippen LogP contribution is -2.05. The van der Waals surface area contributed by atoms with E-state index in [1.165, 1.54) is 6.07 Å². The molecule has 0 aliphatic heterocycles. The summed E-state index contributed by atoms with van der Waals surface area (Å²) in [5.74, 6) is 0.432. The lowest BCUT2D eigenvalue weighted by atomic mass is 10.1. The van der Waals surface area contributed by atoms with Crippen LogP contribution in [0.25, 0.3) is 10.9 Å². The van der Waals surface area contributed by atoms with Crippen LogP contribution in [0, 0.1) is 0 Å². The Bertz CT molecular complexity index is 566. The average Bonchev–Trinajstić information content (AvgIpc) is 2.27. The first-order valence-electron chi connectivity index (χ1n) is 4.95. The van der Waals surface area contributed by atoms with Gasteiger partial charge in [-0.15, -0.1) is 0 Å². The zero-order chi connectivity index (χ0) is 12.6. The van der Waals surface area contributed by atoms with E-state index >= 15 is 0 Å². The molecule has 90 valence electrons. The molecule has 0 fully saturated rings. The molecule has 0 amide bonds. The first-order chi connectivity index (χ1) is 7.91. The largest absolute Gasteiger partial charge is 0.416 e. The van der Waals surface area contributed by atoms with Crippen LogP contribution in [0.2, 0.25) is 5.15 Å². The molecule has 6 heteroatoms. The van der Waals surface area contributed by atoms with Crippen molar-refractivity contribution in [2.75, 3.05) is 0 Å². The van der Waals surface area contributed by atoms with Crippen LogP contribution in [0.1, 0.15) is 18.3 Å². The number of hydrogen-bond donors (Lipinski definition) is 0. The third-order valence-corrected chi connectivity index (χ3v) is 2.63. The van der Waals surface area contributed by atoms with Crippen molar-refractivity contribution in [2.24, 2.45) is 0 Å². The second-order valence-corrected chi connectivity index (χ2v) is 3.87. The zero-order valence-electron chi connectivity index (χ0n) is 8.85. The van der Waals surface area contributed by atoms with Crippen molar-refractivity contribution in [2.45, 2.75) is 19.5 Å². The lowest BCUT2D eigenvalue weighted by Gasteiger charge is -2.08. The van der Waals surface area contributed by atoms with Crippen molar-refractivity contribution >= 4 is 22.5 Å². The SMILES string of the molecule is CCc1nc(Cl)c2ccc(C(F)(F)F)cc2n1. The van der Waals surface area contributed by atoms with E-state index in [-0.39, 0.29) is 10.7 Å². The van der Waals surface area contributed by atoms with E-state index in [0.29, 0.717) is 17.6 Å². The van der Waals surface area contributed by atoms with Crippen molar-refractivity contribution < 1.29 is 13.2 Å². The fourth-order valence-electron chi connectivity index (χ4n) is 1.47. The van der Waals surface area contributed by atoms with E-state index in [0.717, 1.165) is 12.1 Å². The lowest BCUT2D eigenvalue weighted by molar-refractivity contribution is -0.137. The highest BCUT2D eigenvalue weighted by Crippen LogP contribution is 2.32. The van der Waals surface area contributed by atoms with Crippen molar-refractivity contribution in [3.05, 3.63) is 34.7 Å². The molecule has 0 N–H and O–H groups in total. The van der Waals surface area contributed by atoms with Crippen molar-refractivity contribution in [3.63, 3.8) is 0 Å². The minimum Gasteiger partial charge on any atom is -0.233 e. The molecule has 17 heavy (non-hydrogen) atoms. The monoisotopic (exact) mass is 260 g/mol. The number of fused-ring (bicyclic) bond motifs is 1. The maximum Gasteiger partial charge on any atom is 0.416 e. The topological polar surface area (TPSA) is 25.8 Å². The Labute approximate surface area is 100 Å². The van der Waals surface area contributed by atoms with E-state index in [4.69, 9.17) is 11.6 Å². The van der Waals surface area contributed by atoms with Gasteiger partial charge in [-0.3, -0.25) is 0 Å². The molecule has 0 radical (unpaired) electrons. The van der Waals surface area contributed by atoms with Crippen molar-refractivity contribution in [1.29, 1.82) is 0 Å². The molecule has 2 nitrogen and oxygen atoms in total. The standard InChI is InChI=1S/C11H8ClF3N2/c1-2-9-16-8-5-6(11(13,14)15)3-4-7(8)10(12)17-9/h3-5H,2H2,1H3. The van der Waals surface area contributed by atoms with Crippen LogP contribution in [0.4, 0.5) is 13.2 Å². The highest BCUT2D eigenvalue weighted by atomic mass is 35.5. The normalized spacial score (nSPS) is 12.1. The van der Waals surface area contributed by atoms with Gasteiger partial charge in [-0.1, -0.05) is 18.5 Å². The van der Waals surface area contributed by atoms with Gasteiger partial charge in [-0.25, -0.2) is 9.97 Å².